The number of amides is 1. The Bertz CT molecular complexity index is 1200. The second-order valence-electron chi connectivity index (χ2n) is 6.88. The molecule has 0 spiro atoms. The fraction of sp³-hybridized carbons (Fsp3) is 0.130. The SMILES string of the molecule is Cc1cc(NC(=O)c2ccc(COc3ccc(Br)cc3)o2)nn1Cc1ccccc1Cl. The summed E-state index contributed by atoms with van der Waals surface area (Å²) in [5, 5.41) is 7.90. The molecule has 0 aliphatic carbocycles. The summed E-state index contributed by atoms with van der Waals surface area (Å²) in [7, 11) is 0. The van der Waals surface area contributed by atoms with Crippen LogP contribution in [0.1, 0.15) is 27.6 Å². The van der Waals surface area contributed by atoms with Crippen molar-refractivity contribution in [1.29, 1.82) is 0 Å². The number of nitrogens with one attached hydrogen (secondary N) is 1. The third kappa shape index (κ3) is 5.37. The van der Waals surface area contributed by atoms with Crippen LogP contribution < -0.4 is 10.1 Å². The Hall–Kier alpha value is -3.03. The first-order chi connectivity index (χ1) is 15.0. The van der Waals surface area contributed by atoms with Gasteiger partial charge in [0, 0.05) is 21.3 Å². The van der Waals surface area contributed by atoms with Crippen molar-refractivity contribution >= 4 is 39.3 Å². The lowest BCUT2D eigenvalue weighted by molar-refractivity contribution is 0.0992. The van der Waals surface area contributed by atoms with Gasteiger partial charge in [-0.05, 0) is 55.0 Å². The van der Waals surface area contributed by atoms with Crippen molar-refractivity contribution < 1.29 is 13.9 Å². The van der Waals surface area contributed by atoms with E-state index in [0.717, 1.165) is 15.7 Å². The molecule has 0 radical (unpaired) electrons. The molecule has 2 aromatic heterocycles. The highest BCUT2D eigenvalue weighted by molar-refractivity contribution is 9.10. The molecule has 0 aliphatic rings. The molecule has 2 heterocycles. The summed E-state index contributed by atoms with van der Waals surface area (Å²) in [6, 6.07) is 20.2. The number of aryl methyl sites for hydroxylation is 1. The first kappa shape index (κ1) is 21.2. The molecule has 0 aliphatic heterocycles. The van der Waals surface area contributed by atoms with Crippen molar-refractivity contribution in [2.24, 2.45) is 0 Å². The lowest BCUT2D eigenvalue weighted by Crippen LogP contribution is -2.12. The molecule has 2 aromatic carbocycles. The molecule has 8 heteroatoms. The van der Waals surface area contributed by atoms with Crippen LogP contribution in [-0.2, 0) is 13.2 Å². The summed E-state index contributed by atoms with van der Waals surface area (Å²) >= 11 is 9.62. The number of furan rings is 1. The summed E-state index contributed by atoms with van der Waals surface area (Å²) in [5.74, 6) is 1.52. The number of benzene rings is 2. The minimum atomic E-state index is -0.378. The highest BCUT2D eigenvalue weighted by Gasteiger charge is 2.15. The third-order valence-corrected chi connectivity index (χ3v) is 5.48. The molecular weight excluding hydrogens is 482 g/mol. The molecule has 0 saturated carbocycles. The fourth-order valence-electron chi connectivity index (χ4n) is 2.96. The number of rotatable bonds is 7. The van der Waals surface area contributed by atoms with E-state index in [1.165, 1.54) is 0 Å². The number of aromatic nitrogens is 2. The average Bonchev–Trinajstić information content (AvgIpc) is 3.36. The molecule has 4 aromatic rings. The molecule has 1 N–H and O–H groups in total. The van der Waals surface area contributed by atoms with E-state index in [0.29, 0.717) is 28.9 Å². The Labute approximate surface area is 192 Å². The largest absolute Gasteiger partial charge is 0.486 e. The number of carbonyl (C=O) groups is 1. The van der Waals surface area contributed by atoms with Crippen LogP contribution in [0.4, 0.5) is 5.82 Å². The maximum atomic E-state index is 12.6. The Balaban J connectivity index is 1.37. The van der Waals surface area contributed by atoms with Gasteiger partial charge in [0.15, 0.2) is 11.6 Å². The smallest absolute Gasteiger partial charge is 0.292 e. The molecular formula is C23H19BrClN3O3. The van der Waals surface area contributed by atoms with E-state index in [2.05, 4.69) is 26.3 Å². The van der Waals surface area contributed by atoms with Crippen molar-refractivity contribution in [1.82, 2.24) is 9.78 Å². The summed E-state index contributed by atoms with van der Waals surface area (Å²) in [6.45, 7) is 2.66. The third-order valence-electron chi connectivity index (χ3n) is 4.58. The first-order valence-corrected chi connectivity index (χ1v) is 10.7. The van der Waals surface area contributed by atoms with Crippen LogP contribution in [0.15, 0.2) is 75.6 Å². The highest BCUT2D eigenvalue weighted by atomic mass is 79.9. The molecule has 4 rings (SSSR count). The lowest BCUT2D eigenvalue weighted by Gasteiger charge is -2.06. The van der Waals surface area contributed by atoms with Gasteiger partial charge in [0.1, 0.15) is 18.1 Å². The van der Waals surface area contributed by atoms with Gasteiger partial charge in [0.2, 0.25) is 0 Å². The molecule has 1 amide bonds. The number of ether oxygens (including phenoxy) is 1. The Morgan fingerprint density at radius 1 is 1.16 bits per heavy atom. The van der Waals surface area contributed by atoms with Crippen LogP contribution >= 0.6 is 27.5 Å². The number of hydrogen-bond acceptors (Lipinski definition) is 4. The average molecular weight is 501 g/mol. The number of carbonyl (C=O) groups excluding carboxylic acids is 1. The lowest BCUT2D eigenvalue weighted by atomic mass is 10.2. The molecule has 0 saturated heterocycles. The fourth-order valence-corrected chi connectivity index (χ4v) is 3.42. The van der Waals surface area contributed by atoms with Crippen molar-refractivity contribution in [2.75, 3.05) is 5.32 Å². The van der Waals surface area contributed by atoms with Crippen LogP contribution in [-0.4, -0.2) is 15.7 Å². The quantitative estimate of drug-likeness (QED) is 0.334. The Morgan fingerprint density at radius 2 is 1.94 bits per heavy atom. The van der Waals surface area contributed by atoms with E-state index in [-0.39, 0.29) is 18.3 Å². The summed E-state index contributed by atoms with van der Waals surface area (Å²) in [4.78, 5) is 12.6. The van der Waals surface area contributed by atoms with E-state index >= 15 is 0 Å². The monoisotopic (exact) mass is 499 g/mol. The van der Waals surface area contributed by atoms with Crippen LogP contribution in [0, 0.1) is 6.92 Å². The molecule has 6 nitrogen and oxygen atoms in total. The summed E-state index contributed by atoms with van der Waals surface area (Å²) < 4.78 is 14.0. The van der Waals surface area contributed by atoms with E-state index in [1.54, 1.807) is 22.9 Å². The molecule has 0 atom stereocenters. The summed E-state index contributed by atoms with van der Waals surface area (Å²) in [6.07, 6.45) is 0. The maximum absolute atomic E-state index is 12.6. The number of nitrogens with zero attached hydrogens (tertiary/aromatic N) is 2. The van der Waals surface area contributed by atoms with Gasteiger partial charge in [-0.1, -0.05) is 45.7 Å². The second-order valence-corrected chi connectivity index (χ2v) is 8.21. The van der Waals surface area contributed by atoms with Gasteiger partial charge in [-0.15, -0.1) is 0 Å². The molecule has 0 unspecified atom stereocenters. The van der Waals surface area contributed by atoms with Crippen LogP contribution in [0.3, 0.4) is 0 Å². The maximum Gasteiger partial charge on any atom is 0.292 e. The Morgan fingerprint density at radius 3 is 2.71 bits per heavy atom. The van der Waals surface area contributed by atoms with Crippen molar-refractivity contribution in [3.63, 3.8) is 0 Å². The van der Waals surface area contributed by atoms with Gasteiger partial charge in [-0.2, -0.15) is 5.10 Å². The zero-order chi connectivity index (χ0) is 21.8. The van der Waals surface area contributed by atoms with Gasteiger partial charge in [0.05, 0.1) is 6.54 Å². The minimum Gasteiger partial charge on any atom is -0.486 e. The molecule has 158 valence electrons. The van der Waals surface area contributed by atoms with Gasteiger partial charge < -0.3 is 14.5 Å². The zero-order valence-electron chi connectivity index (χ0n) is 16.6. The van der Waals surface area contributed by atoms with Gasteiger partial charge in [-0.25, -0.2) is 0 Å². The van der Waals surface area contributed by atoms with E-state index in [9.17, 15) is 4.79 Å². The van der Waals surface area contributed by atoms with E-state index in [1.807, 2.05) is 55.5 Å². The first-order valence-electron chi connectivity index (χ1n) is 9.54. The van der Waals surface area contributed by atoms with Gasteiger partial charge in [0.25, 0.3) is 5.91 Å². The molecule has 0 fully saturated rings. The number of hydrogen-bond donors (Lipinski definition) is 1. The predicted molar refractivity (Wildman–Crippen MR) is 123 cm³/mol. The van der Waals surface area contributed by atoms with Crippen LogP contribution in [0.5, 0.6) is 5.75 Å². The van der Waals surface area contributed by atoms with E-state index < -0.39 is 0 Å². The predicted octanol–water partition coefficient (Wildman–Crippen LogP) is 6.08. The van der Waals surface area contributed by atoms with E-state index in [4.69, 9.17) is 20.8 Å². The Kier molecular flexibility index (Phi) is 6.44. The van der Waals surface area contributed by atoms with Gasteiger partial charge in [-0.3, -0.25) is 9.48 Å². The summed E-state index contributed by atoms with van der Waals surface area (Å²) in [5.41, 5.74) is 1.85. The minimum absolute atomic E-state index is 0.188. The topological polar surface area (TPSA) is 69.3 Å². The number of halogens is 2. The number of anilines is 1. The molecule has 0 bridgehead atoms. The van der Waals surface area contributed by atoms with Crippen LogP contribution in [0.2, 0.25) is 5.02 Å². The van der Waals surface area contributed by atoms with Crippen molar-refractivity contribution in [3.8, 4) is 5.75 Å². The van der Waals surface area contributed by atoms with Crippen molar-refractivity contribution in [3.05, 3.63) is 99.0 Å². The normalized spacial score (nSPS) is 10.8. The highest BCUT2D eigenvalue weighted by Crippen LogP contribution is 2.20. The zero-order valence-corrected chi connectivity index (χ0v) is 19.0. The van der Waals surface area contributed by atoms with Crippen molar-refractivity contribution in [2.45, 2.75) is 20.1 Å². The van der Waals surface area contributed by atoms with Crippen LogP contribution in [0.25, 0.3) is 0 Å². The standard InChI is InChI=1S/C23H19BrClN3O3/c1-15-12-22(27-28(15)13-16-4-2-3-5-20(16)25)26-23(29)21-11-10-19(31-21)14-30-18-8-6-17(24)7-9-18/h2-12H,13-14H2,1H3,(H,26,27,29). The van der Waals surface area contributed by atoms with Gasteiger partial charge >= 0.3 is 0 Å². The molecule has 31 heavy (non-hydrogen) atoms. The second kappa shape index (κ2) is 9.41.